The minimum absolute atomic E-state index is 0.0444. The number of pyridine rings is 1. The number of para-hydroxylation sites is 1. The second kappa shape index (κ2) is 8.36. The third-order valence-electron chi connectivity index (χ3n) is 5.06. The number of ether oxygens (including phenoxy) is 1. The Morgan fingerprint density at radius 3 is 2.76 bits per heavy atom. The molecular formula is C22H23N5O2. The van der Waals surface area contributed by atoms with Crippen LogP contribution in [0.5, 0.6) is 0 Å². The Morgan fingerprint density at radius 1 is 1.14 bits per heavy atom. The summed E-state index contributed by atoms with van der Waals surface area (Å²) in [6, 6.07) is 18.3. The van der Waals surface area contributed by atoms with E-state index in [1.807, 2.05) is 48.2 Å². The molecule has 0 bridgehead atoms. The molecule has 0 saturated carbocycles. The molecule has 0 radical (unpaired) electrons. The van der Waals surface area contributed by atoms with E-state index in [0.717, 1.165) is 28.5 Å². The Morgan fingerprint density at radius 2 is 1.97 bits per heavy atom. The van der Waals surface area contributed by atoms with Gasteiger partial charge in [0.05, 0.1) is 5.52 Å². The van der Waals surface area contributed by atoms with Crippen molar-refractivity contribution < 1.29 is 9.53 Å². The fourth-order valence-corrected chi connectivity index (χ4v) is 3.62. The Hall–Kier alpha value is -3.32. The molecule has 0 fully saturated rings. The Kier molecular flexibility index (Phi) is 5.48. The van der Waals surface area contributed by atoms with Crippen molar-refractivity contribution in [3.05, 3.63) is 71.3 Å². The molecule has 2 aromatic carbocycles. The molecular weight excluding hydrogens is 366 g/mol. The van der Waals surface area contributed by atoms with Crippen molar-refractivity contribution >= 4 is 22.5 Å². The number of aryl methyl sites for hydroxylation is 1. The van der Waals surface area contributed by atoms with Gasteiger partial charge in [-0.1, -0.05) is 48.5 Å². The van der Waals surface area contributed by atoms with Crippen LogP contribution in [0.4, 0.5) is 0 Å². The van der Waals surface area contributed by atoms with Crippen LogP contribution in [-0.2, 0) is 22.5 Å². The zero-order chi connectivity index (χ0) is 20.2. The van der Waals surface area contributed by atoms with Crippen LogP contribution in [0.3, 0.4) is 0 Å². The molecule has 7 nitrogen and oxygen atoms in total. The molecule has 0 unspecified atom stereocenters. The summed E-state index contributed by atoms with van der Waals surface area (Å²) in [5, 5.41) is 13.3. The standard InChI is InChI=1S/C22H23N5O2/c1-16-7-6-10-18-13-19(22-23-24-25-27(22)21(16)18)14-26(20(28)15-29-2)12-11-17-8-4-3-5-9-17/h3-10,13H,11-12,14-15H2,1-2H3. The van der Waals surface area contributed by atoms with Crippen LogP contribution in [-0.4, -0.2) is 51.1 Å². The lowest BCUT2D eigenvalue weighted by atomic mass is 10.1. The van der Waals surface area contributed by atoms with Gasteiger partial charge in [-0.2, -0.15) is 4.52 Å². The summed E-state index contributed by atoms with van der Waals surface area (Å²) in [5.41, 5.74) is 4.84. The molecule has 148 valence electrons. The monoisotopic (exact) mass is 389 g/mol. The molecule has 2 aromatic heterocycles. The predicted molar refractivity (Wildman–Crippen MR) is 110 cm³/mol. The minimum Gasteiger partial charge on any atom is -0.375 e. The van der Waals surface area contributed by atoms with E-state index in [1.54, 1.807) is 4.52 Å². The van der Waals surface area contributed by atoms with Crippen molar-refractivity contribution in [2.45, 2.75) is 19.9 Å². The third kappa shape index (κ3) is 3.95. The number of carbonyl (C=O) groups is 1. The zero-order valence-corrected chi connectivity index (χ0v) is 16.6. The lowest BCUT2D eigenvalue weighted by molar-refractivity contribution is -0.135. The molecule has 4 aromatic rings. The van der Waals surface area contributed by atoms with E-state index in [9.17, 15) is 4.79 Å². The fraction of sp³-hybridized carbons (Fsp3) is 0.273. The molecule has 0 N–H and O–H groups in total. The minimum atomic E-state index is -0.0570. The first kappa shape index (κ1) is 19.0. The average molecular weight is 389 g/mol. The SMILES string of the molecule is COCC(=O)N(CCc1ccccc1)Cc1cc2cccc(C)c2n2nnnc12. The maximum absolute atomic E-state index is 12.7. The van der Waals surface area contributed by atoms with Crippen molar-refractivity contribution in [1.29, 1.82) is 0 Å². The van der Waals surface area contributed by atoms with Crippen LogP contribution < -0.4 is 0 Å². The van der Waals surface area contributed by atoms with Crippen LogP contribution in [0.25, 0.3) is 16.6 Å². The molecule has 0 aliphatic rings. The number of tetrazole rings is 1. The van der Waals surface area contributed by atoms with E-state index >= 15 is 0 Å². The summed E-state index contributed by atoms with van der Waals surface area (Å²) in [4.78, 5) is 14.5. The van der Waals surface area contributed by atoms with Crippen LogP contribution in [0.15, 0.2) is 54.6 Å². The molecule has 1 amide bonds. The average Bonchev–Trinajstić information content (AvgIpc) is 3.22. The highest BCUT2D eigenvalue weighted by atomic mass is 16.5. The summed E-state index contributed by atoms with van der Waals surface area (Å²) < 4.78 is 6.86. The number of benzene rings is 2. The first-order chi connectivity index (χ1) is 14.2. The number of carbonyl (C=O) groups excluding carboxylic acids is 1. The van der Waals surface area contributed by atoms with Crippen molar-refractivity contribution in [3.8, 4) is 0 Å². The van der Waals surface area contributed by atoms with Gasteiger partial charge in [0.2, 0.25) is 5.91 Å². The van der Waals surface area contributed by atoms with E-state index in [2.05, 4.69) is 33.7 Å². The maximum atomic E-state index is 12.7. The number of fused-ring (bicyclic) bond motifs is 3. The third-order valence-corrected chi connectivity index (χ3v) is 5.06. The van der Waals surface area contributed by atoms with Gasteiger partial charge in [-0.3, -0.25) is 4.79 Å². The van der Waals surface area contributed by atoms with Crippen LogP contribution in [0.2, 0.25) is 0 Å². The van der Waals surface area contributed by atoms with E-state index in [0.29, 0.717) is 18.7 Å². The van der Waals surface area contributed by atoms with Gasteiger partial charge in [0.15, 0.2) is 5.65 Å². The highest BCUT2D eigenvalue weighted by Crippen LogP contribution is 2.23. The predicted octanol–water partition coefficient (Wildman–Crippen LogP) is 2.80. The van der Waals surface area contributed by atoms with Crippen LogP contribution >= 0.6 is 0 Å². The van der Waals surface area contributed by atoms with E-state index in [-0.39, 0.29) is 12.5 Å². The fourth-order valence-electron chi connectivity index (χ4n) is 3.62. The van der Waals surface area contributed by atoms with E-state index in [1.165, 1.54) is 12.7 Å². The zero-order valence-electron chi connectivity index (χ0n) is 16.6. The second-order valence-corrected chi connectivity index (χ2v) is 7.08. The summed E-state index contributed by atoms with van der Waals surface area (Å²) in [6.45, 7) is 3.09. The molecule has 0 saturated heterocycles. The molecule has 4 rings (SSSR count). The molecule has 0 spiro atoms. The van der Waals surface area contributed by atoms with Gasteiger partial charge in [0.25, 0.3) is 0 Å². The molecule has 0 aliphatic carbocycles. The number of hydrogen-bond acceptors (Lipinski definition) is 5. The van der Waals surface area contributed by atoms with Crippen molar-refractivity contribution in [2.24, 2.45) is 0 Å². The van der Waals surface area contributed by atoms with Crippen LogP contribution in [0.1, 0.15) is 16.7 Å². The number of aromatic nitrogens is 4. The second-order valence-electron chi connectivity index (χ2n) is 7.08. The van der Waals surface area contributed by atoms with E-state index < -0.39 is 0 Å². The molecule has 7 heteroatoms. The molecule has 0 atom stereocenters. The van der Waals surface area contributed by atoms with Gasteiger partial charge in [-0.15, -0.1) is 5.10 Å². The van der Waals surface area contributed by atoms with E-state index in [4.69, 9.17) is 4.74 Å². The highest BCUT2D eigenvalue weighted by Gasteiger charge is 2.18. The largest absolute Gasteiger partial charge is 0.375 e. The number of rotatable bonds is 7. The first-order valence-electron chi connectivity index (χ1n) is 9.57. The summed E-state index contributed by atoms with van der Waals surface area (Å²) in [5.74, 6) is -0.0570. The van der Waals surface area contributed by atoms with Gasteiger partial charge in [0, 0.05) is 31.1 Å². The van der Waals surface area contributed by atoms with Crippen molar-refractivity contribution in [2.75, 3.05) is 20.3 Å². The van der Waals surface area contributed by atoms with Gasteiger partial charge in [-0.05, 0) is 41.0 Å². The molecule has 2 heterocycles. The lowest BCUT2D eigenvalue weighted by Crippen LogP contribution is -2.35. The number of hydrogen-bond donors (Lipinski definition) is 0. The molecule has 29 heavy (non-hydrogen) atoms. The topological polar surface area (TPSA) is 72.6 Å². The maximum Gasteiger partial charge on any atom is 0.248 e. The number of amides is 1. The molecule has 0 aliphatic heterocycles. The lowest BCUT2D eigenvalue weighted by Gasteiger charge is -2.23. The van der Waals surface area contributed by atoms with Gasteiger partial charge < -0.3 is 9.64 Å². The smallest absolute Gasteiger partial charge is 0.248 e. The summed E-state index contributed by atoms with van der Waals surface area (Å²) >= 11 is 0. The number of methoxy groups -OCH3 is 1. The Balaban J connectivity index is 1.68. The highest BCUT2D eigenvalue weighted by molar-refractivity contribution is 5.86. The first-order valence-corrected chi connectivity index (χ1v) is 9.57. The van der Waals surface area contributed by atoms with Crippen molar-refractivity contribution in [3.63, 3.8) is 0 Å². The Bertz CT molecular complexity index is 1140. The normalized spacial score (nSPS) is 11.2. The van der Waals surface area contributed by atoms with Gasteiger partial charge >= 0.3 is 0 Å². The van der Waals surface area contributed by atoms with Gasteiger partial charge in [0.1, 0.15) is 6.61 Å². The summed E-state index contributed by atoms with van der Waals surface area (Å²) in [7, 11) is 1.53. The quantitative estimate of drug-likeness (QED) is 0.486. The van der Waals surface area contributed by atoms with Crippen molar-refractivity contribution in [1.82, 2.24) is 24.9 Å². The summed E-state index contributed by atoms with van der Waals surface area (Å²) in [6.07, 6.45) is 0.768. The van der Waals surface area contributed by atoms with Crippen LogP contribution in [0, 0.1) is 6.92 Å². The Labute approximate surface area is 168 Å². The number of nitrogens with zero attached hydrogens (tertiary/aromatic N) is 5. The van der Waals surface area contributed by atoms with Gasteiger partial charge in [-0.25, -0.2) is 0 Å².